The zero-order valence-electron chi connectivity index (χ0n) is 5.91. The molecule has 5 heteroatoms. The lowest BCUT2D eigenvalue weighted by Crippen LogP contribution is -2.02. The van der Waals surface area contributed by atoms with Crippen molar-refractivity contribution in [2.24, 2.45) is 0 Å². The Morgan fingerprint density at radius 2 is 2.33 bits per heavy atom. The van der Waals surface area contributed by atoms with E-state index in [1.54, 1.807) is 6.07 Å². The number of rotatable bonds is 1. The first-order chi connectivity index (χ1) is 5.65. The van der Waals surface area contributed by atoms with E-state index in [2.05, 4.69) is 4.98 Å². The second-order valence-corrected chi connectivity index (χ2v) is 2.36. The molecule has 1 aromatic rings. The highest BCUT2D eigenvalue weighted by molar-refractivity contribution is 6.68. The van der Waals surface area contributed by atoms with Crippen LogP contribution in [0, 0.1) is 11.3 Å². The number of hydrogen-bond acceptors (Lipinski definition) is 4. The van der Waals surface area contributed by atoms with E-state index in [0.29, 0.717) is 0 Å². The van der Waals surface area contributed by atoms with Crippen molar-refractivity contribution in [3.8, 4) is 6.07 Å². The maximum atomic E-state index is 10.6. The molecule has 0 bridgehead atoms. The van der Waals surface area contributed by atoms with Crippen molar-refractivity contribution < 1.29 is 4.79 Å². The lowest BCUT2D eigenvalue weighted by Gasteiger charge is -1.97. The minimum Gasteiger partial charge on any atom is -0.397 e. The molecule has 0 aromatic carbocycles. The van der Waals surface area contributed by atoms with Crippen molar-refractivity contribution in [1.29, 1.82) is 5.26 Å². The first-order valence-corrected chi connectivity index (χ1v) is 3.39. The molecule has 0 fully saturated rings. The Labute approximate surface area is 73.6 Å². The SMILES string of the molecule is N#Cc1ccc(N)c(C(=O)Cl)n1. The highest BCUT2D eigenvalue weighted by Crippen LogP contribution is 2.11. The van der Waals surface area contributed by atoms with Crippen molar-refractivity contribution in [2.45, 2.75) is 0 Å². The van der Waals surface area contributed by atoms with Gasteiger partial charge in [-0.1, -0.05) is 0 Å². The fourth-order valence-electron chi connectivity index (χ4n) is 0.690. The Hall–Kier alpha value is -1.60. The first kappa shape index (κ1) is 8.50. The first-order valence-electron chi connectivity index (χ1n) is 3.01. The average molecular weight is 182 g/mol. The van der Waals surface area contributed by atoms with Crippen LogP contribution in [0.1, 0.15) is 16.2 Å². The van der Waals surface area contributed by atoms with Gasteiger partial charge in [-0.15, -0.1) is 0 Å². The molecule has 0 radical (unpaired) electrons. The number of hydrogen-bond donors (Lipinski definition) is 1. The van der Waals surface area contributed by atoms with E-state index in [4.69, 9.17) is 22.6 Å². The van der Waals surface area contributed by atoms with E-state index in [1.165, 1.54) is 12.1 Å². The van der Waals surface area contributed by atoms with Crippen LogP contribution in [0.5, 0.6) is 0 Å². The molecule has 12 heavy (non-hydrogen) atoms. The van der Waals surface area contributed by atoms with Crippen LogP contribution in [-0.2, 0) is 0 Å². The molecular formula is C7H4ClN3O. The summed E-state index contributed by atoms with van der Waals surface area (Å²) in [6, 6.07) is 4.61. The van der Waals surface area contributed by atoms with Crippen LogP contribution in [-0.4, -0.2) is 10.2 Å². The molecule has 0 aliphatic rings. The quantitative estimate of drug-likeness (QED) is 0.654. The number of nitrogens with two attached hydrogens (primary N) is 1. The zero-order chi connectivity index (χ0) is 9.14. The van der Waals surface area contributed by atoms with Crippen LogP contribution >= 0.6 is 11.6 Å². The Kier molecular flexibility index (Phi) is 2.26. The lowest BCUT2D eigenvalue weighted by atomic mass is 10.3. The fourth-order valence-corrected chi connectivity index (χ4v) is 0.841. The van der Waals surface area contributed by atoms with Gasteiger partial charge in [-0.2, -0.15) is 5.26 Å². The number of halogens is 1. The lowest BCUT2D eigenvalue weighted by molar-refractivity contribution is 0.107. The van der Waals surface area contributed by atoms with Gasteiger partial charge in [-0.3, -0.25) is 4.79 Å². The van der Waals surface area contributed by atoms with Crippen LogP contribution in [0.3, 0.4) is 0 Å². The highest BCUT2D eigenvalue weighted by atomic mass is 35.5. The molecule has 0 amide bonds. The number of aromatic nitrogens is 1. The average Bonchev–Trinajstić information content (AvgIpc) is 2.05. The molecule has 0 saturated carbocycles. The molecule has 0 unspecified atom stereocenters. The number of nitriles is 1. The van der Waals surface area contributed by atoms with Crippen LogP contribution in [0.15, 0.2) is 12.1 Å². The monoisotopic (exact) mass is 181 g/mol. The van der Waals surface area contributed by atoms with Gasteiger partial charge in [0, 0.05) is 0 Å². The minimum atomic E-state index is -0.760. The van der Waals surface area contributed by atoms with Gasteiger partial charge in [0.25, 0.3) is 5.24 Å². The number of nitrogens with zero attached hydrogens (tertiary/aromatic N) is 2. The van der Waals surface area contributed by atoms with Gasteiger partial charge in [0.2, 0.25) is 0 Å². The van der Waals surface area contributed by atoms with Crippen molar-refractivity contribution in [2.75, 3.05) is 5.73 Å². The number of carbonyl (C=O) groups is 1. The predicted molar refractivity (Wildman–Crippen MR) is 43.5 cm³/mol. The van der Waals surface area contributed by atoms with Gasteiger partial charge in [-0.05, 0) is 23.7 Å². The standard InChI is InChI=1S/C7H4ClN3O/c8-7(12)6-5(10)2-1-4(3-9)11-6/h1-2H,10H2. The molecule has 60 valence electrons. The van der Waals surface area contributed by atoms with E-state index in [1.807, 2.05) is 0 Å². The van der Waals surface area contributed by atoms with Crippen LogP contribution in [0.25, 0.3) is 0 Å². The molecule has 1 aromatic heterocycles. The Morgan fingerprint density at radius 1 is 1.67 bits per heavy atom. The van der Waals surface area contributed by atoms with Gasteiger partial charge in [0.15, 0.2) is 0 Å². The van der Waals surface area contributed by atoms with Crippen LogP contribution < -0.4 is 5.73 Å². The molecule has 4 nitrogen and oxygen atoms in total. The smallest absolute Gasteiger partial charge is 0.273 e. The van der Waals surface area contributed by atoms with Crippen molar-refractivity contribution in [3.05, 3.63) is 23.5 Å². The van der Waals surface area contributed by atoms with Crippen LogP contribution in [0.4, 0.5) is 5.69 Å². The summed E-state index contributed by atoms with van der Waals surface area (Å²) in [6.07, 6.45) is 0. The maximum absolute atomic E-state index is 10.6. The summed E-state index contributed by atoms with van der Waals surface area (Å²) in [5.41, 5.74) is 5.59. The molecule has 2 N–H and O–H groups in total. The van der Waals surface area contributed by atoms with Gasteiger partial charge >= 0.3 is 0 Å². The number of anilines is 1. The summed E-state index contributed by atoms with van der Waals surface area (Å²) in [6.45, 7) is 0. The summed E-state index contributed by atoms with van der Waals surface area (Å²) in [7, 11) is 0. The molecule has 0 spiro atoms. The topological polar surface area (TPSA) is 79.8 Å². The third-order valence-electron chi connectivity index (χ3n) is 1.23. The van der Waals surface area contributed by atoms with E-state index in [0.717, 1.165) is 0 Å². The number of pyridine rings is 1. The Bertz CT molecular complexity index is 369. The van der Waals surface area contributed by atoms with E-state index < -0.39 is 5.24 Å². The molecule has 0 saturated heterocycles. The van der Waals surface area contributed by atoms with E-state index in [-0.39, 0.29) is 17.1 Å². The minimum absolute atomic E-state index is 0.0734. The summed E-state index contributed by atoms with van der Waals surface area (Å²) in [5.74, 6) is 0. The highest BCUT2D eigenvalue weighted by Gasteiger charge is 2.08. The van der Waals surface area contributed by atoms with Gasteiger partial charge in [0.1, 0.15) is 17.5 Å². The van der Waals surface area contributed by atoms with Crippen molar-refractivity contribution in [1.82, 2.24) is 4.98 Å². The van der Waals surface area contributed by atoms with Gasteiger partial charge in [-0.25, -0.2) is 4.98 Å². The van der Waals surface area contributed by atoms with Crippen molar-refractivity contribution >= 4 is 22.5 Å². The summed E-state index contributed by atoms with van der Waals surface area (Å²) >= 11 is 5.15. The fraction of sp³-hybridized carbons (Fsp3) is 0. The zero-order valence-corrected chi connectivity index (χ0v) is 6.67. The molecular weight excluding hydrogens is 178 g/mol. The van der Waals surface area contributed by atoms with E-state index >= 15 is 0 Å². The third kappa shape index (κ3) is 1.52. The Morgan fingerprint density at radius 3 is 2.83 bits per heavy atom. The molecule has 1 heterocycles. The van der Waals surface area contributed by atoms with Gasteiger partial charge in [0.05, 0.1) is 5.69 Å². The molecule has 1 rings (SSSR count). The van der Waals surface area contributed by atoms with Gasteiger partial charge < -0.3 is 5.73 Å². The Balaban J connectivity index is 3.28. The second kappa shape index (κ2) is 3.20. The normalized spacial score (nSPS) is 9.00. The van der Waals surface area contributed by atoms with E-state index in [9.17, 15) is 4.79 Å². The largest absolute Gasteiger partial charge is 0.397 e. The molecule has 0 aliphatic heterocycles. The maximum Gasteiger partial charge on any atom is 0.273 e. The number of carbonyl (C=O) groups excluding carboxylic acids is 1. The predicted octanol–water partition coefficient (Wildman–Crippen LogP) is 0.914. The summed E-state index contributed by atoms with van der Waals surface area (Å²) in [5, 5.41) is 7.67. The molecule has 0 atom stereocenters. The number of nitrogen functional groups attached to an aromatic ring is 1. The molecule has 0 aliphatic carbocycles. The van der Waals surface area contributed by atoms with Crippen molar-refractivity contribution in [3.63, 3.8) is 0 Å². The second-order valence-electron chi connectivity index (χ2n) is 2.02. The summed E-state index contributed by atoms with van der Waals surface area (Å²) in [4.78, 5) is 14.3. The third-order valence-corrected chi connectivity index (χ3v) is 1.41. The van der Waals surface area contributed by atoms with Crippen LogP contribution in [0.2, 0.25) is 0 Å². The summed E-state index contributed by atoms with van der Waals surface area (Å²) < 4.78 is 0.